The summed E-state index contributed by atoms with van der Waals surface area (Å²) in [5.74, 6) is 0.502. The van der Waals surface area contributed by atoms with E-state index in [1.807, 2.05) is 0 Å². The summed E-state index contributed by atoms with van der Waals surface area (Å²) in [4.78, 5) is 11.6. The minimum absolute atomic E-state index is 0.0977. The number of nitrogens with one attached hydrogen (secondary N) is 1. The summed E-state index contributed by atoms with van der Waals surface area (Å²) in [7, 11) is 0. The maximum Gasteiger partial charge on any atom is 0.308 e. The zero-order chi connectivity index (χ0) is 13.3. The van der Waals surface area contributed by atoms with Crippen LogP contribution in [0.5, 0.6) is 0 Å². The lowest BCUT2D eigenvalue weighted by molar-refractivity contribution is -0.147. The van der Waals surface area contributed by atoms with Crippen molar-refractivity contribution in [1.82, 2.24) is 5.32 Å². The van der Waals surface area contributed by atoms with Crippen LogP contribution >= 0.6 is 0 Å². The molecule has 2 fully saturated rings. The van der Waals surface area contributed by atoms with Gasteiger partial charge in [-0.3, -0.25) is 4.79 Å². The molecule has 19 heavy (non-hydrogen) atoms. The molecule has 0 aromatic carbocycles. The zero-order valence-corrected chi connectivity index (χ0v) is 11.9. The van der Waals surface area contributed by atoms with Crippen molar-refractivity contribution in [3.8, 4) is 0 Å². The molecule has 1 N–H and O–H groups in total. The first-order chi connectivity index (χ1) is 9.34. The van der Waals surface area contributed by atoms with Crippen LogP contribution in [0.2, 0.25) is 0 Å². The van der Waals surface area contributed by atoms with Crippen LogP contribution in [0.1, 0.15) is 51.4 Å². The van der Waals surface area contributed by atoms with E-state index in [1.165, 1.54) is 32.1 Å². The molecule has 4 nitrogen and oxygen atoms in total. The number of ether oxygens (including phenoxy) is 2. The SMILES string of the molecule is O=C(CCOC1CCNCC1)OCC1CCCCC1. The maximum atomic E-state index is 11.6. The normalized spacial score (nSPS) is 22.3. The van der Waals surface area contributed by atoms with E-state index in [0.29, 0.717) is 31.7 Å². The molecule has 0 amide bonds. The highest BCUT2D eigenvalue weighted by Gasteiger charge is 2.16. The van der Waals surface area contributed by atoms with Gasteiger partial charge in [-0.25, -0.2) is 0 Å². The molecule has 110 valence electrons. The van der Waals surface area contributed by atoms with Crippen LogP contribution < -0.4 is 5.32 Å². The number of hydrogen-bond donors (Lipinski definition) is 1. The van der Waals surface area contributed by atoms with E-state index in [2.05, 4.69) is 5.32 Å². The van der Waals surface area contributed by atoms with Crippen LogP contribution in [-0.2, 0) is 14.3 Å². The van der Waals surface area contributed by atoms with Crippen molar-refractivity contribution in [2.45, 2.75) is 57.5 Å². The number of esters is 1. The molecule has 0 aromatic heterocycles. The van der Waals surface area contributed by atoms with Gasteiger partial charge in [0.05, 0.1) is 25.7 Å². The third-order valence-corrected chi connectivity index (χ3v) is 4.15. The van der Waals surface area contributed by atoms with E-state index >= 15 is 0 Å². The molecule has 1 heterocycles. The predicted octanol–water partition coefficient (Wildman–Crippen LogP) is 2.27. The van der Waals surface area contributed by atoms with Crippen molar-refractivity contribution in [1.29, 1.82) is 0 Å². The Morgan fingerprint density at radius 2 is 1.79 bits per heavy atom. The second-order valence-corrected chi connectivity index (χ2v) is 5.76. The molecule has 4 heteroatoms. The van der Waals surface area contributed by atoms with Crippen LogP contribution in [0.4, 0.5) is 0 Å². The van der Waals surface area contributed by atoms with Gasteiger partial charge >= 0.3 is 5.97 Å². The Morgan fingerprint density at radius 3 is 2.53 bits per heavy atom. The van der Waals surface area contributed by atoms with Gasteiger partial charge in [0.2, 0.25) is 0 Å². The Bertz CT molecular complexity index is 258. The number of carbonyl (C=O) groups is 1. The molecule has 1 aliphatic heterocycles. The van der Waals surface area contributed by atoms with Crippen molar-refractivity contribution < 1.29 is 14.3 Å². The third kappa shape index (κ3) is 5.91. The lowest BCUT2D eigenvalue weighted by atomic mass is 9.90. The fourth-order valence-electron chi connectivity index (χ4n) is 2.91. The molecule has 0 atom stereocenters. The highest BCUT2D eigenvalue weighted by molar-refractivity contribution is 5.69. The lowest BCUT2D eigenvalue weighted by Gasteiger charge is -2.23. The molecule has 0 unspecified atom stereocenters. The van der Waals surface area contributed by atoms with Crippen molar-refractivity contribution >= 4 is 5.97 Å². The molecule has 1 saturated heterocycles. The Morgan fingerprint density at radius 1 is 1.05 bits per heavy atom. The Balaban J connectivity index is 1.49. The number of rotatable bonds is 6. The van der Waals surface area contributed by atoms with Gasteiger partial charge in [0.1, 0.15) is 0 Å². The van der Waals surface area contributed by atoms with Gasteiger partial charge in [-0.2, -0.15) is 0 Å². The summed E-state index contributed by atoms with van der Waals surface area (Å²) < 4.78 is 11.0. The summed E-state index contributed by atoms with van der Waals surface area (Å²) in [6.45, 7) is 3.17. The molecule has 0 radical (unpaired) electrons. The lowest BCUT2D eigenvalue weighted by Crippen LogP contribution is -2.32. The zero-order valence-electron chi connectivity index (χ0n) is 11.9. The highest BCUT2D eigenvalue weighted by Crippen LogP contribution is 2.23. The quantitative estimate of drug-likeness (QED) is 0.751. The third-order valence-electron chi connectivity index (χ3n) is 4.15. The first-order valence-corrected chi connectivity index (χ1v) is 7.82. The first kappa shape index (κ1) is 14.8. The summed E-state index contributed by atoms with van der Waals surface area (Å²) in [5.41, 5.74) is 0. The summed E-state index contributed by atoms with van der Waals surface area (Å²) in [5, 5.41) is 3.30. The smallest absolute Gasteiger partial charge is 0.308 e. The topological polar surface area (TPSA) is 47.6 Å². The Labute approximate surface area is 116 Å². The number of piperidine rings is 1. The van der Waals surface area contributed by atoms with Crippen molar-refractivity contribution in [2.24, 2.45) is 5.92 Å². The van der Waals surface area contributed by atoms with E-state index < -0.39 is 0 Å². The molecule has 1 aliphatic carbocycles. The van der Waals surface area contributed by atoms with Crippen LogP contribution in [-0.4, -0.2) is 38.4 Å². The first-order valence-electron chi connectivity index (χ1n) is 7.82. The van der Waals surface area contributed by atoms with E-state index in [4.69, 9.17) is 9.47 Å². The van der Waals surface area contributed by atoms with Gasteiger partial charge in [0.25, 0.3) is 0 Å². The van der Waals surface area contributed by atoms with Crippen LogP contribution in [0.25, 0.3) is 0 Å². The van der Waals surface area contributed by atoms with Crippen LogP contribution in [0.3, 0.4) is 0 Å². The largest absolute Gasteiger partial charge is 0.465 e. The molecule has 2 aliphatic rings. The molecular weight excluding hydrogens is 242 g/mol. The molecule has 0 spiro atoms. The number of hydrogen-bond acceptors (Lipinski definition) is 4. The minimum atomic E-state index is -0.0977. The maximum absolute atomic E-state index is 11.6. The predicted molar refractivity (Wildman–Crippen MR) is 74.0 cm³/mol. The Hall–Kier alpha value is -0.610. The van der Waals surface area contributed by atoms with E-state index in [9.17, 15) is 4.79 Å². The van der Waals surface area contributed by atoms with Gasteiger partial charge in [0, 0.05) is 0 Å². The average Bonchev–Trinajstić information content (AvgIpc) is 2.47. The fraction of sp³-hybridized carbons (Fsp3) is 0.933. The van der Waals surface area contributed by atoms with Crippen LogP contribution in [0, 0.1) is 5.92 Å². The second kappa shape index (κ2) is 8.54. The Kier molecular flexibility index (Phi) is 6.65. The van der Waals surface area contributed by atoms with Gasteiger partial charge in [-0.05, 0) is 44.7 Å². The van der Waals surface area contributed by atoms with Gasteiger partial charge < -0.3 is 14.8 Å². The summed E-state index contributed by atoms with van der Waals surface area (Å²) in [6, 6.07) is 0. The standard InChI is InChI=1S/C15H27NO3/c17-15(19-12-13-4-2-1-3-5-13)8-11-18-14-6-9-16-10-7-14/h13-14,16H,1-12H2. The highest BCUT2D eigenvalue weighted by atomic mass is 16.5. The van der Waals surface area contributed by atoms with Crippen molar-refractivity contribution in [3.63, 3.8) is 0 Å². The van der Waals surface area contributed by atoms with E-state index in [-0.39, 0.29) is 5.97 Å². The van der Waals surface area contributed by atoms with Gasteiger partial charge in [-0.1, -0.05) is 19.3 Å². The monoisotopic (exact) mass is 269 g/mol. The van der Waals surface area contributed by atoms with Gasteiger partial charge in [0.15, 0.2) is 0 Å². The van der Waals surface area contributed by atoms with Gasteiger partial charge in [-0.15, -0.1) is 0 Å². The van der Waals surface area contributed by atoms with E-state index in [0.717, 1.165) is 25.9 Å². The summed E-state index contributed by atoms with van der Waals surface area (Å²) in [6.07, 6.45) is 9.20. The molecule has 0 aromatic rings. The molecule has 2 rings (SSSR count). The summed E-state index contributed by atoms with van der Waals surface area (Å²) >= 11 is 0. The molecular formula is C15H27NO3. The number of carbonyl (C=O) groups excluding carboxylic acids is 1. The molecule has 0 bridgehead atoms. The van der Waals surface area contributed by atoms with Crippen molar-refractivity contribution in [3.05, 3.63) is 0 Å². The van der Waals surface area contributed by atoms with E-state index in [1.54, 1.807) is 0 Å². The fourth-order valence-corrected chi connectivity index (χ4v) is 2.91. The average molecular weight is 269 g/mol. The second-order valence-electron chi connectivity index (χ2n) is 5.76. The van der Waals surface area contributed by atoms with Crippen molar-refractivity contribution in [2.75, 3.05) is 26.3 Å². The molecule has 1 saturated carbocycles. The van der Waals surface area contributed by atoms with Crippen LogP contribution in [0.15, 0.2) is 0 Å². The minimum Gasteiger partial charge on any atom is -0.465 e.